The summed E-state index contributed by atoms with van der Waals surface area (Å²) in [5.74, 6) is -1.24. The molecule has 0 aliphatic heterocycles. The number of aromatic nitrogens is 1. The molecule has 0 aliphatic carbocycles. The van der Waals surface area contributed by atoms with Crippen molar-refractivity contribution in [1.82, 2.24) is 4.98 Å². The molecule has 0 saturated carbocycles. The lowest BCUT2D eigenvalue weighted by Crippen LogP contribution is -2.18. The van der Waals surface area contributed by atoms with E-state index in [1.54, 1.807) is 12.1 Å². The van der Waals surface area contributed by atoms with E-state index < -0.39 is 21.7 Å². The average molecular weight is 406 g/mol. The van der Waals surface area contributed by atoms with Gasteiger partial charge >= 0.3 is 0 Å². The normalized spacial score (nSPS) is 11.0. The molecule has 9 heteroatoms. The maximum atomic E-state index is 13.7. The summed E-state index contributed by atoms with van der Waals surface area (Å²) in [6.07, 6.45) is 1.45. The molecule has 27 heavy (non-hydrogen) atoms. The van der Waals surface area contributed by atoms with Crippen LogP contribution in [0, 0.1) is 5.82 Å². The first-order chi connectivity index (χ1) is 12.8. The molecule has 0 radical (unpaired) electrons. The van der Waals surface area contributed by atoms with Gasteiger partial charge in [0.05, 0.1) is 16.3 Å². The molecule has 0 bridgehead atoms. The van der Waals surface area contributed by atoms with E-state index in [1.807, 2.05) is 0 Å². The molecule has 0 unspecified atom stereocenters. The van der Waals surface area contributed by atoms with Crippen molar-refractivity contribution in [1.29, 1.82) is 0 Å². The minimum Gasteiger partial charge on any atom is -0.319 e. The van der Waals surface area contributed by atoms with E-state index in [1.165, 1.54) is 42.6 Å². The van der Waals surface area contributed by atoms with E-state index in [0.29, 0.717) is 0 Å². The van der Waals surface area contributed by atoms with Crippen LogP contribution in [0.5, 0.6) is 0 Å². The number of pyridine rings is 1. The van der Waals surface area contributed by atoms with Gasteiger partial charge < -0.3 is 5.32 Å². The van der Waals surface area contributed by atoms with Crippen LogP contribution >= 0.6 is 11.6 Å². The summed E-state index contributed by atoms with van der Waals surface area (Å²) >= 11 is 5.83. The molecule has 3 aromatic rings. The number of carbonyl (C=O) groups excluding carboxylic acids is 1. The van der Waals surface area contributed by atoms with E-state index in [9.17, 15) is 17.6 Å². The van der Waals surface area contributed by atoms with Crippen molar-refractivity contribution < 1.29 is 17.6 Å². The standard InChI is InChI=1S/C18H13ClFN3O3S/c19-12-4-3-5-14(10-12)27(25,26)23-17-11-13(20)7-8-15(17)22-18(24)16-6-1-2-9-21-16/h1-11,23H,(H,22,24). The molecule has 2 N–H and O–H groups in total. The van der Waals surface area contributed by atoms with Gasteiger partial charge in [0.1, 0.15) is 11.5 Å². The Hall–Kier alpha value is -2.97. The van der Waals surface area contributed by atoms with Gasteiger partial charge in [-0.15, -0.1) is 0 Å². The second-order valence-electron chi connectivity index (χ2n) is 5.42. The van der Waals surface area contributed by atoms with Crippen LogP contribution in [0.1, 0.15) is 10.5 Å². The fraction of sp³-hybridized carbons (Fsp3) is 0. The van der Waals surface area contributed by atoms with Crippen LogP contribution in [0.25, 0.3) is 0 Å². The lowest BCUT2D eigenvalue weighted by atomic mass is 10.2. The Balaban J connectivity index is 1.92. The first kappa shape index (κ1) is 18.8. The summed E-state index contributed by atoms with van der Waals surface area (Å²) < 4.78 is 41.0. The molecule has 0 fully saturated rings. The van der Waals surface area contributed by atoms with Crippen LogP contribution in [0.15, 0.2) is 71.8 Å². The molecular formula is C18H13ClFN3O3S. The highest BCUT2D eigenvalue weighted by Crippen LogP contribution is 2.27. The lowest BCUT2D eigenvalue weighted by Gasteiger charge is -2.14. The fourth-order valence-electron chi connectivity index (χ4n) is 2.23. The van der Waals surface area contributed by atoms with Gasteiger partial charge in [0.2, 0.25) is 0 Å². The van der Waals surface area contributed by atoms with E-state index in [-0.39, 0.29) is 27.0 Å². The van der Waals surface area contributed by atoms with E-state index in [4.69, 9.17) is 11.6 Å². The molecule has 0 atom stereocenters. The van der Waals surface area contributed by atoms with Crippen LogP contribution in [0.4, 0.5) is 15.8 Å². The second-order valence-corrected chi connectivity index (χ2v) is 7.54. The topological polar surface area (TPSA) is 88.2 Å². The molecular weight excluding hydrogens is 393 g/mol. The monoisotopic (exact) mass is 405 g/mol. The predicted molar refractivity (Wildman–Crippen MR) is 101 cm³/mol. The van der Waals surface area contributed by atoms with E-state index >= 15 is 0 Å². The third-order valence-electron chi connectivity index (χ3n) is 3.48. The van der Waals surface area contributed by atoms with Crippen LogP contribution in [-0.2, 0) is 10.0 Å². The zero-order valence-corrected chi connectivity index (χ0v) is 15.3. The van der Waals surface area contributed by atoms with Gasteiger partial charge in [0, 0.05) is 17.3 Å². The SMILES string of the molecule is O=C(Nc1ccc(F)cc1NS(=O)(=O)c1cccc(Cl)c1)c1ccccn1. The summed E-state index contributed by atoms with van der Waals surface area (Å²) in [4.78, 5) is 16.1. The van der Waals surface area contributed by atoms with Crippen molar-refractivity contribution in [2.24, 2.45) is 0 Å². The van der Waals surface area contributed by atoms with Gasteiger partial charge in [0.15, 0.2) is 0 Å². The number of nitrogens with zero attached hydrogens (tertiary/aromatic N) is 1. The highest BCUT2D eigenvalue weighted by Gasteiger charge is 2.18. The fourth-order valence-corrected chi connectivity index (χ4v) is 3.60. The van der Waals surface area contributed by atoms with Gasteiger partial charge in [-0.2, -0.15) is 0 Å². The number of carbonyl (C=O) groups is 1. The number of amides is 1. The lowest BCUT2D eigenvalue weighted by molar-refractivity contribution is 0.102. The van der Waals surface area contributed by atoms with Crippen molar-refractivity contribution >= 4 is 38.9 Å². The molecule has 1 heterocycles. The summed E-state index contributed by atoms with van der Waals surface area (Å²) in [5.41, 5.74) is 0.0855. The predicted octanol–water partition coefficient (Wildman–Crippen LogP) is 3.93. The van der Waals surface area contributed by atoms with E-state index in [0.717, 1.165) is 12.1 Å². The summed E-state index contributed by atoms with van der Waals surface area (Å²) in [6.45, 7) is 0. The second kappa shape index (κ2) is 7.73. The molecule has 3 rings (SSSR count). The number of rotatable bonds is 5. The molecule has 0 spiro atoms. The van der Waals surface area contributed by atoms with Crippen LogP contribution in [0.2, 0.25) is 5.02 Å². The number of sulfonamides is 1. The van der Waals surface area contributed by atoms with Crippen LogP contribution in [0.3, 0.4) is 0 Å². The molecule has 2 aromatic carbocycles. The molecule has 1 amide bonds. The van der Waals surface area contributed by atoms with Crippen molar-refractivity contribution in [2.75, 3.05) is 10.0 Å². The van der Waals surface area contributed by atoms with Gasteiger partial charge in [-0.05, 0) is 42.5 Å². The Bertz CT molecular complexity index is 1090. The van der Waals surface area contributed by atoms with Crippen LogP contribution < -0.4 is 10.0 Å². The number of nitrogens with one attached hydrogen (secondary N) is 2. The summed E-state index contributed by atoms with van der Waals surface area (Å²) in [5, 5.41) is 2.76. The van der Waals surface area contributed by atoms with Crippen molar-refractivity contribution in [3.05, 3.63) is 83.4 Å². The highest BCUT2D eigenvalue weighted by atomic mass is 35.5. The highest BCUT2D eigenvalue weighted by molar-refractivity contribution is 7.92. The third kappa shape index (κ3) is 4.60. The first-order valence-electron chi connectivity index (χ1n) is 7.65. The molecule has 6 nitrogen and oxygen atoms in total. The number of hydrogen-bond donors (Lipinski definition) is 2. The quantitative estimate of drug-likeness (QED) is 0.673. The molecule has 1 aromatic heterocycles. The maximum Gasteiger partial charge on any atom is 0.274 e. The van der Waals surface area contributed by atoms with Crippen molar-refractivity contribution in [2.45, 2.75) is 4.90 Å². The zero-order chi connectivity index (χ0) is 19.4. The van der Waals surface area contributed by atoms with Gasteiger partial charge in [0.25, 0.3) is 15.9 Å². The molecule has 0 saturated heterocycles. The largest absolute Gasteiger partial charge is 0.319 e. The van der Waals surface area contributed by atoms with Crippen molar-refractivity contribution in [3.63, 3.8) is 0 Å². The van der Waals surface area contributed by atoms with Crippen molar-refractivity contribution in [3.8, 4) is 0 Å². The molecule has 0 aliphatic rings. The smallest absolute Gasteiger partial charge is 0.274 e. The summed E-state index contributed by atoms with van der Waals surface area (Å²) in [7, 11) is -4.04. The summed E-state index contributed by atoms with van der Waals surface area (Å²) in [6, 6.07) is 13.7. The Labute approximate surface area is 160 Å². The number of anilines is 2. The van der Waals surface area contributed by atoms with Gasteiger partial charge in [-0.3, -0.25) is 14.5 Å². The Morgan fingerprint density at radius 2 is 1.81 bits per heavy atom. The first-order valence-corrected chi connectivity index (χ1v) is 9.51. The minimum absolute atomic E-state index is 0.0812. The van der Waals surface area contributed by atoms with E-state index in [2.05, 4.69) is 15.0 Å². The number of halogens is 2. The Morgan fingerprint density at radius 1 is 1.00 bits per heavy atom. The van der Waals surface area contributed by atoms with Crippen LogP contribution in [-0.4, -0.2) is 19.3 Å². The average Bonchev–Trinajstić information content (AvgIpc) is 2.64. The minimum atomic E-state index is -4.04. The number of hydrogen-bond acceptors (Lipinski definition) is 4. The zero-order valence-electron chi connectivity index (χ0n) is 13.7. The van der Waals surface area contributed by atoms with Gasteiger partial charge in [-0.25, -0.2) is 12.8 Å². The Kier molecular flexibility index (Phi) is 5.38. The maximum absolute atomic E-state index is 13.7. The van der Waals surface area contributed by atoms with Gasteiger partial charge in [-0.1, -0.05) is 23.7 Å². The third-order valence-corrected chi connectivity index (χ3v) is 5.08. The Morgan fingerprint density at radius 3 is 2.52 bits per heavy atom. The number of benzene rings is 2. The molecule has 138 valence electrons.